The lowest BCUT2D eigenvalue weighted by molar-refractivity contribution is -0.122. The van der Waals surface area contributed by atoms with Gasteiger partial charge in [0.15, 0.2) is 0 Å². The van der Waals surface area contributed by atoms with Gasteiger partial charge in [0.1, 0.15) is 6.54 Å². The summed E-state index contributed by atoms with van der Waals surface area (Å²) in [5, 5.41) is 16.1. The van der Waals surface area contributed by atoms with Gasteiger partial charge in [0.05, 0.1) is 6.21 Å². The number of rotatable bonds is 5. The van der Waals surface area contributed by atoms with Crippen molar-refractivity contribution in [3.05, 3.63) is 64.7 Å². The Morgan fingerprint density at radius 1 is 1.12 bits per heavy atom. The summed E-state index contributed by atoms with van der Waals surface area (Å²) in [7, 11) is 0. The summed E-state index contributed by atoms with van der Waals surface area (Å²) in [5.41, 5.74) is 7.84. The van der Waals surface area contributed by atoms with Crippen LogP contribution in [0.2, 0.25) is 0 Å². The van der Waals surface area contributed by atoms with E-state index in [0.29, 0.717) is 5.82 Å². The number of tetrazole rings is 1. The number of benzene rings is 2. The van der Waals surface area contributed by atoms with Gasteiger partial charge in [-0.1, -0.05) is 36.4 Å². The summed E-state index contributed by atoms with van der Waals surface area (Å²) in [4.78, 5) is 13.2. The maximum absolute atomic E-state index is 12.0. The topological polar surface area (TPSA) is 85.1 Å². The van der Waals surface area contributed by atoms with E-state index in [4.69, 9.17) is 0 Å². The second-order valence-corrected chi connectivity index (χ2v) is 6.10. The molecule has 7 heteroatoms. The Balaban J connectivity index is 1.60. The van der Waals surface area contributed by atoms with Crippen LogP contribution in [0.3, 0.4) is 0 Å². The minimum atomic E-state index is -0.320. The van der Waals surface area contributed by atoms with Crippen molar-refractivity contribution in [2.24, 2.45) is 5.10 Å². The van der Waals surface area contributed by atoms with Crippen molar-refractivity contribution in [2.45, 2.75) is 27.3 Å². The van der Waals surface area contributed by atoms with Gasteiger partial charge in [0.25, 0.3) is 5.91 Å². The fraction of sp³-hybridized carbons (Fsp3) is 0.211. The van der Waals surface area contributed by atoms with Gasteiger partial charge >= 0.3 is 0 Å². The van der Waals surface area contributed by atoms with Crippen molar-refractivity contribution in [3.8, 4) is 11.4 Å². The molecule has 7 nitrogen and oxygen atoms in total. The van der Waals surface area contributed by atoms with E-state index in [1.807, 2.05) is 50.2 Å². The molecule has 0 saturated heterocycles. The molecule has 3 rings (SSSR count). The number of hydrogen-bond donors (Lipinski definition) is 1. The van der Waals surface area contributed by atoms with Crippen LogP contribution in [-0.2, 0) is 11.3 Å². The molecule has 1 heterocycles. The maximum Gasteiger partial charge on any atom is 0.263 e. The molecule has 0 aliphatic carbocycles. The zero-order chi connectivity index (χ0) is 18.5. The molecule has 1 N–H and O–H groups in total. The summed E-state index contributed by atoms with van der Waals surface area (Å²) < 4.78 is 0. The van der Waals surface area contributed by atoms with Crippen LogP contribution in [0.25, 0.3) is 11.4 Å². The third kappa shape index (κ3) is 4.18. The van der Waals surface area contributed by atoms with Crippen molar-refractivity contribution >= 4 is 12.1 Å². The molecule has 0 unspecified atom stereocenters. The minimum absolute atomic E-state index is 0.0525. The van der Waals surface area contributed by atoms with Crippen molar-refractivity contribution in [3.63, 3.8) is 0 Å². The maximum atomic E-state index is 12.0. The Morgan fingerprint density at radius 3 is 2.62 bits per heavy atom. The smallest absolute Gasteiger partial charge is 0.263 e. The third-order valence-electron chi connectivity index (χ3n) is 4.05. The SMILES string of the molecule is Cc1cc(C)c(/C=N\NC(=O)Cn2nnc(-c3ccccc3)n2)cc1C. The van der Waals surface area contributed by atoms with Crippen molar-refractivity contribution in [1.82, 2.24) is 25.6 Å². The van der Waals surface area contributed by atoms with Crippen LogP contribution in [0.15, 0.2) is 47.6 Å². The molecule has 0 aliphatic rings. The molecule has 1 aromatic heterocycles. The molecule has 26 heavy (non-hydrogen) atoms. The fourth-order valence-electron chi connectivity index (χ4n) is 2.47. The van der Waals surface area contributed by atoms with Crippen LogP contribution in [0.4, 0.5) is 0 Å². The molecular weight excluding hydrogens is 328 g/mol. The van der Waals surface area contributed by atoms with Crippen LogP contribution in [0.1, 0.15) is 22.3 Å². The molecule has 1 amide bonds. The summed E-state index contributed by atoms with van der Waals surface area (Å²) in [6.07, 6.45) is 1.64. The van der Waals surface area contributed by atoms with Crippen LogP contribution in [0, 0.1) is 20.8 Å². The van der Waals surface area contributed by atoms with Crippen LogP contribution >= 0.6 is 0 Å². The predicted octanol–water partition coefficient (Wildman–Crippen LogP) is 2.42. The van der Waals surface area contributed by atoms with Crippen molar-refractivity contribution < 1.29 is 4.79 Å². The highest BCUT2D eigenvalue weighted by atomic mass is 16.2. The Morgan fingerprint density at radius 2 is 1.85 bits per heavy atom. The fourth-order valence-corrected chi connectivity index (χ4v) is 2.47. The number of carbonyl (C=O) groups excluding carboxylic acids is 1. The van der Waals surface area contributed by atoms with E-state index in [0.717, 1.165) is 16.7 Å². The van der Waals surface area contributed by atoms with E-state index in [1.165, 1.54) is 15.9 Å². The quantitative estimate of drug-likeness (QED) is 0.567. The molecular formula is C19H20N6O. The monoisotopic (exact) mass is 348 g/mol. The van der Waals surface area contributed by atoms with Gasteiger partial charge < -0.3 is 0 Å². The number of nitrogens with one attached hydrogen (secondary N) is 1. The van der Waals surface area contributed by atoms with E-state index in [-0.39, 0.29) is 12.5 Å². The number of aromatic nitrogens is 4. The van der Waals surface area contributed by atoms with E-state index < -0.39 is 0 Å². The first-order chi connectivity index (χ1) is 12.5. The van der Waals surface area contributed by atoms with Gasteiger partial charge in [-0.05, 0) is 54.3 Å². The first kappa shape index (κ1) is 17.5. The summed E-state index contributed by atoms with van der Waals surface area (Å²) in [5.74, 6) is 0.160. The molecule has 0 aliphatic heterocycles. The molecule has 0 bridgehead atoms. The Bertz CT molecular complexity index is 946. The number of aryl methyl sites for hydroxylation is 3. The zero-order valence-electron chi connectivity index (χ0n) is 15.0. The van der Waals surface area contributed by atoms with Crippen LogP contribution in [-0.4, -0.2) is 32.3 Å². The zero-order valence-corrected chi connectivity index (χ0v) is 15.0. The molecule has 0 fully saturated rings. The molecule has 0 radical (unpaired) electrons. The number of hydrogen-bond acceptors (Lipinski definition) is 5. The van der Waals surface area contributed by atoms with Gasteiger partial charge in [-0.25, -0.2) is 5.43 Å². The van der Waals surface area contributed by atoms with E-state index in [2.05, 4.69) is 38.9 Å². The van der Waals surface area contributed by atoms with Gasteiger partial charge in [-0.3, -0.25) is 4.79 Å². The highest BCUT2D eigenvalue weighted by molar-refractivity contribution is 5.84. The van der Waals surface area contributed by atoms with Crippen molar-refractivity contribution in [1.29, 1.82) is 0 Å². The number of carbonyl (C=O) groups is 1. The summed E-state index contributed by atoms with van der Waals surface area (Å²) >= 11 is 0. The van der Waals surface area contributed by atoms with Crippen LogP contribution < -0.4 is 5.43 Å². The normalized spacial score (nSPS) is 11.0. The lowest BCUT2D eigenvalue weighted by Gasteiger charge is -2.05. The van der Waals surface area contributed by atoms with Gasteiger partial charge in [-0.15, -0.1) is 10.2 Å². The van der Waals surface area contributed by atoms with Gasteiger partial charge in [-0.2, -0.15) is 9.90 Å². The molecule has 132 valence electrons. The Hall–Kier alpha value is -3.35. The standard InChI is InChI=1S/C19H20N6O/c1-13-9-15(3)17(10-14(13)2)11-20-21-18(26)12-25-23-19(22-24-25)16-7-5-4-6-8-16/h4-11H,12H2,1-3H3,(H,21,26)/b20-11-. The average molecular weight is 348 g/mol. The van der Waals surface area contributed by atoms with Crippen molar-refractivity contribution in [2.75, 3.05) is 0 Å². The summed E-state index contributed by atoms with van der Waals surface area (Å²) in [6, 6.07) is 13.6. The molecule has 0 saturated carbocycles. The minimum Gasteiger partial charge on any atom is -0.271 e. The van der Waals surface area contributed by atoms with Gasteiger partial charge in [0, 0.05) is 5.56 Å². The third-order valence-corrected chi connectivity index (χ3v) is 4.05. The van der Waals surface area contributed by atoms with E-state index in [1.54, 1.807) is 6.21 Å². The largest absolute Gasteiger partial charge is 0.271 e. The second-order valence-electron chi connectivity index (χ2n) is 6.10. The molecule has 0 spiro atoms. The van der Waals surface area contributed by atoms with E-state index in [9.17, 15) is 4.79 Å². The predicted molar refractivity (Wildman–Crippen MR) is 99.6 cm³/mol. The first-order valence-electron chi connectivity index (χ1n) is 8.26. The lowest BCUT2D eigenvalue weighted by atomic mass is 10.0. The number of amides is 1. The molecule has 0 atom stereocenters. The molecule has 3 aromatic rings. The first-order valence-corrected chi connectivity index (χ1v) is 8.26. The highest BCUT2D eigenvalue weighted by Gasteiger charge is 2.08. The molecule has 2 aromatic carbocycles. The Labute approximate surface area is 151 Å². The number of hydrazone groups is 1. The highest BCUT2D eigenvalue weighted by Crippen LogP contribution is 2.13. The van der Waals surface area contributed by atoms with E-state index >= 15 is 0 Å². The number of nitrogens with zero attached hydrogens (tertiary/aromatic N) is 5. The lowest BCUT2D eigenvalue weighted by Crippen LogP contribution is -2.24. The van der Waals surface area contributed by atoms with Gasteiger partial charge in [0.2, 0.25) is 5.82 Å². The summed E-state index contributed by atoms with van der Waals surface area (Å²) in [6.45, 7) is 6.08. The Kier molecular flexibility index (Phi) is 5.17. The van der Waals surface area contributed by atoms with Crippen LogP contribution in [0.5, 0.6) is 0 Å². The second kappa shape index (κ2) is 7.69. The average Bonchev–Trinajstić information content (AvgIpc) is 3.08.